The van der Waals surface area contributed by atoms with Gasteiger partial charge in [-0.15, -0.1) is 0 Å². The summed E-state index contributed by atoms with van der Waals surface area (Å²) in [6.45, 7) is 2.23. The summed E-state index contributed by atoms with van der Waals surface area (Å²) in [5.41, 5.74) is 5.85. The Labute approximate surface area is 128 Å². The first-order valence-electron chi connectivity index (χ1n) is 8.29. The first-order valence-corrected chi connectivity index (χ1v) is 10.9. The van der Waals surface area contributed by atoms with Crippen molar-refractivity contribution < 1.29 is 4.57 Å². The van der Waals surface area contributed by atoms with Crippen molar-refractivity contribution in [3.8, 4) is 11.3 Å². The van der Waals surface area contributed by atoms with Gasteiger partial charge in [-0.1, -0.05) is 43.1 Å². The highest BCUT2D eigenvalue weighted by atomic mass is 28.3. The van der Waals surface area contributed by atoms with E-state index in [1.165, 1.54) is 42.1 Å². The van der Waals surface area contributed by atoms with Crippen molar-refractivity contribution in [3.63, 3.8) is 0 Å². The van der Waals surface area contributed by atoms with Crippen molar-refractivity contribution in [1.82, 2.24) is 0 Å². The number of aromatic nitrogens is 1. The molecule has 0 bridgehead atoms. The summed E-state index contributed by atoms with van der Waals surface area (Å²) in [6.07, 6.45) is 6.72. The van der Waals surface area contributed by atoms with Crippen LogP contribution in [0.5, 0.6) is 0 Å². The van der Waals surface area contributed by atoms with E-state index in [1.54, 1.807) is 22.8 Å². The molecular formula is C19H24NSi+. The Balaban J connectivity index is 1.89. The summed E-state index contributed by atoms with van der Waals surface area (Å²) < 4.78 is 2.35. The van der Waals surface area contributed by atoms with E-state index >= 15 is 0 Å². The molecule has 0 atom stereocenters. The van der Waals surface area contributed by atoms with Crippen LogP contribution < -0.4 is 9.75 Å². The SMILES string of the molecule is Cc1ccccc1-c1cc2c(c[n+]1C)CC[Si]21CCCC1. The van der Waals surface area contributed by atoms with Crippen LogP contribution in [-0.2, 0) is 13.5 Å². The number of benzene rings is 1. The van der Waals surface area contributed by atoms with Crippen LogP contribution in [0.4, 0.5) is 0 Å². The van der Waals surface area contributed by atoms with Gasteiger partial charge in [-0.05, 0) is 36.2 Å². The van der Waals surface area contributed by atoms with Gasteiger partial charge in [0, 0.05) is 17.2 Å². The zero-order valence-electron chi connectivity index (χ0n) is 13.2. The largest absolute Gasteiger partial charge is 0.212 e. The predicted octanol–water partition coefficient (Wildman–Crippen LogP) is 3.49. The molecule has 3 heterocycles. The third kappa shape index (κ3) is 2.00. The van der Waals surface area contributed by atoms with E-state index in [0.29, 0.717) is 0 Å². The highest BCUT2D eigenvalue weighted by Gasteiger charge is 2.44. The van der Waals surface area contributed by atoms with Gasteiger partial charge >= 0.3 is 0 Å². The number of rotatable bonds is 1. The van der Waals surface area contributed by atoms with Gasteiger partial charge in [0.25, 0.3) is 0 Å². The van der Waals surface area contributed by atoms with Crippen LogP contribution in [0.15, 0.2) is 36.5 Å². The number of pyridine rings is 1. The lowest BCUT2D eigenvalue weighted by atomic mass is 10.0. The minimum atomic E-state index is -1.11. The molecule has 1 nitrogen and oxygen atoms in total. The van der Waals surface area contributed by atoms with E-state index in [9.17, 15) is 0 Å². The molecule has 0 unspecified atom stereocenters. The smallest absolute Gasteiger partial charge is 0.201 e. The zero-order valence-corrected chi connectivity index (χ0v) is 14.2. The molecule has 0 amide bonds. The van der Waals surface area contributed by atoms with Gasteiger partial charge in [0.05, 0.1) is 8.07 Å². The van der Waals surface area contributed by atoms with E-state index in [2.05, 4.69) is 55.1 Å². The fraction of sp³-hybridized carbons (Fsp3) is 0.421. The number of nitrogens with zero attached hydrogens (tertiary/aromatic N) is 1. The molecule has 1 fully saturated rings. The molecule has 0 saturated carbocycles. The second-order valence-electron chi connectivity index (χ2n) is 7.01. The molecule has 0 aliphatic carbocycles. The summed E-state index contributed by atoms with van der Waals surface area (Å²) in [7, 11) is 1.10. The van der Waals surface area contributed by atoms with Gasteiger partial charge in [0.15, 0.2) is 6.20 Å². The Kier molecular flexibility index (Phi) is 3.04. The first kappa shape index (κ1) is 13.3. The van der Waals surface area contributed by atoms with Crippen LogP contribution in [0, 0.1) is 6.92 Å². The van der Waals surface area contributed by atoms with Gasteiger partial charge in [0.2, 0.25) is 5.69 Å². The molecule has 4 rings (SSSR count). The van der Waals surface area contributed by atoms with Crippen LogP contribution in [0.3, 0.4) is 0 Å². The quantitative estimate of drug-likeness (QED) is 0.560. The van der Waals surface area contributed by atoms with Crippen molar-refractivity contribution in [2.24, 2.45) is 7.05 Å². The molecule has 1 aromatic heterocycles. The van der Waals surface area contributed by atoms with Crippen LogP contribution in [0.2, 0.25) is 18.1 Å². The average molecular weight is 294 g/mol. The van der Waals surface area contributed by atoms with Crippen LogP contribution in [0.1, 0.15) is 24.0 Å². The average Bonchev–Trinajstić information content (AvgIpc) is 3.08. The van der Waals surface area contributed by atoms with Crippen molar-refractivity contribution in [2.45, 2.75) is 44.3 Å². The molecule has 0 N–H and O–H groups in total. The number of hydrogen-bond acceptors (Lipinski definition) is 0. The lowest BCUT2D eigenvalue weighted by Crippen LogP contribution is -2.44. The van der Waals surface area contributed by atoms with E-state index in [1.807, 2.05) is 0 Å². The number of fused-ring (bicyclic) bond motifs is 2. The fourth-order valence-corrected chi connectivity index (χ4v) is 10.1. The maximum absolute atomic E-state index is 2.57. The normalized spacial score (nSPS) is 19.1. The molecule has 2 aliphatic heterocycles. The molecule has 2 aliphatic rings. The second-order valence-corrected chi connectivity index (χ2v) is 11.6. The van der Waals surface area contributed by atoms with Gasteiger partial charge in [-0.25, -0.2) is 4.57 Å². The predicted molar refractivity (Wildman–Crippen MR) is 90.5 cm³/mol. The summed E-state index contributed by atoms with van der Waals surface area (Å²) in [5, 5.41) is 1.80. The monoisotopic (exact) mass is 294 g/mol. The molecule has 21 heavy (non-hydrogen) atoms. The van der Waals surface area contributed by atoms with Crippen LogP contribution in [0.25, 0.3) is 11.3 Å². The molecule has 0 radical (unpaired) electrons. The van der Waals surface area contributed by atoms with Gasteiger partial charge < -0.3 is 0 Å². The minimum absolute atomic E-state index is 1.11. The molecule has 1 saturated heterocycles. The maximum Gasteiger partial charge on any atom is 0.212 e. The van der Waals surface area contributed by atoms with Gasteiger partial charge in [-0.2, -0.15) is 0 Å². The van der Waals surface area contributed by atoms with E-state index < -0.39 is 8.07 Å². The third-order valence-corrected chi connectivity index (χ3v) is 11.2. The molecule has 2 aromatic rings. The summed E-state index contributed by atoms with van der Waals surface area (Å²) in [5.74, 6) is 0. The molecule has 2 heteroatoms. The van der Waals surface area contributed by atoms with Crippen LogP contribution >= 0.6 is 0 Å². The molecule has 108 valence electrons. The van der Waals surface area contributed by atoms with Crippen LogP contribution in [-0.4, -0.2) is 8.07 Å². The third-order valence-electron chi connectivity index (χ3n) is 5.78. The van der Waals surface area contributed by atoms with E-state index in [4.69, 9.17) is 0 Å². The lowest BCUT2D eigenvalue weighted by Gasteiger charge is -2.21. The van der Waals surface area contributed by atoms with Gasteiger partial charge in [0.1, 0.15) is 7.05 Å². The second kappa shape index (κ2) is 4.81. The highest BCUT2D eigenvalue weighted by Crippen LogP contribution is 2.39. The Bertz CT molecular complexity index is 699. The van der Waals surface area contributed by atoms with Crippen molar-refractivity contribution in [1.29, 1.82) is 0 Å². The number of aryl methyl sites for hydroxylation is 3. The minimum Gasteiger partial charge on any atom is -0.201 e. The molecule has 1 aromatic carbocycles. The van der Waals surface area contributed by atoms with E-state index in [0.717, 1.165) is 0 Å². The fourth-order valence-electron chi connectivity index (χ4n) is 4.60. The molecular weight excluding hydrogens is 270 g/mol. The lowest BCUT2D eigenvalue weighted by molar-refractivity contribution is -0.660. The maximum atomic E-state index is 2.57. The van der Waals surface area contributed by atoms with E-state index in [-0.39, 0.29) is 0 Å². The van der Waals surface area contributed by atoms with Gasteiger partial charge in [-0.3, -0.25) is 0 Å². The first-order chi connectivity index (χ1) is 10.2. The Morgan fingerprint density at radius 3 is 2.57 bits per heavy atom. The molecule has 1 spiro atoms. The summed E-state index contributed by atoms with van der Waals surface area (Å²) in [4.78, 5) is 0. The summed E-state index contributed by atoms with van der Waals surface area (Å²) in [6, 6.07) is 16.0. The highest BCUT2D eigenvalue weighted by molar-refractivity contribution is 6.93. The number of hydrogen-bond donors (Lipinski definition) is 0. The van der Waals surface area contributed by atoms with Crippen molar-refractivity contribution in [3.05, 3.63) is 47.7 Å². The standard InChI is InChI=1S/C19H24NSi/c1-15-7-3-4-8-17(15)18-13-19-16(14-20(18)2)9-12-21(19)10-5-6-11-21/h3-4,7-8,13-14H,5-6,9-12H2,1-2H3/q+1. The Morgan fingerprint density at radius 1 is 1.05 bits per heavy atom. The Morgan fingerprint density at radius 2 is 1.81 bits per heavy atom. The topological polar surface area (TPSA) is 3.88 Å². The van der Waals surface area contributed by atoms with Crippen molar-refractivity contribution >= 4 is 13.3 Å². The van der Waals surface area contributed by atoms with Crippen molar-refractivity contribution in [2.75, 3.05) is 0 Å². The zero-order chi connectivity index (χ0) is 14.4. The summed E-state index contributed by atoms with van der Waals surface area (Å²) >= 11 is 0. The Hall–Kier alpha value is -1.41.